The summed E-state index contributed by atoms with van der Waals surface area (Å²) >= 11 is 7.01. The van der Waals surface area contributed by atoms with Crippen LogP contribution in [0, 0.1) is 0 Å². The number of thiocarbonyl (C=S) groups is 1. The van der Waals surface area contributed by atoms with E-state index in [2.05, 4.69) is 38.3 Å². The average molecular weight is 424 g/mol. The second-order valence-corrected chi connectivity index (χ2v) is 8.65. The third-order valence-electron chi connectivity index (χ3n) is 5.04. The molecule has 0 radical (unpaired) electrons. The van der Waals surface area contributed by atoms with Crippen LogP contribution in [0.25, 0.3) is 10.6 Å². The summed E-state index contributed by atoms with van der Waals surface area (Å²) in [4.78, 5) is 0. The second-order valence-electron chi connectivity index (χ2n) is 7.26. The zero-order valence-electron chi connectivity index (χ0n) is 16.2. The highest BCUT2D eigenvalue weighted by Crippen LogP contribution is 2.29. The lowest BCUT2D eigenvalue weighted by atomic mass is 9.96. The molecule has 1 aliphatic rings. The molecular weight excluding hydrogens is 398 g/mol. The molecule has 3 N–H and O–H groups in total. The molecule has 4 rings (SSSR count). The summed E-state index contributed by atoms with van der Waals surface area (Å²) in [6.45, 7) is 0.701. The number of aromatic nitrogens is 2. The average Bonchev–Trinajstić information content (AvgIpc) is 3.23. The zero-order chi connectivity index (χ0) is 19.9. The van der Waals surface area contributed by atoms with E-state index < -0.39 is 0 Å². The van der Waals surface area contributed by atoms with Crippen LogP contribution in [0.2, 0.25) is 0 Å². The number of anilines is 2. The molecule has 3 aromatic rings. The molecule has 0 spiro atoms. The third-order valence-corrected chi connectivity index (χ3v) is 6.19. The van der Waals surface area contributed by atoms with E-state index >= 15 is 0 Å². The molecule has 2 aromatic carbocycles. The Morgan fingerprint density at radius 2 is 1.72 bits per heavy atom. The summed E-state index contributed by atoms with van der Waals surface area (Å²) in [7, 11) is 0. The minimum absolute atomic E-state index is 0.542. The summed E-state index contributed by atoms with van der Waals surface area (Å²) in [6.07, 6.45) is 6.42. The summed E-state index contributed by atoms with van der Waals surface area (Å²) in [5.74, 6) is 0. The molecular formula is C22H25N5S2. The van der Waals surface area contributed by atoms with Crippen LogP contribution >= 0.6 is 23.6 Å². The lowest BCUT2D eigenvalue weighted by Gasteiger charge is -2.21. The summed E-state index contributed by atoms with van der Waals surface area (Å²) in [6, 6.07) is 18.9. The van der Waals surface area contributed by atoms with Crippen LogP contribution in [0.3, 0.4) is 0 Å². The first-order chi connectivity index (χ1) is 14.3. The van der Waals surface area contributed by atoms with Gasteiger partial charge in [0, 0.05) is 23.8 Å². The van der Waals surface area contributed by atoms with Crippen molar-refractivity contribution in [3.63, 3.8) is 0 Å². The Morgan fingerprint density at radius 3 is 2.48 bits per heavy atom. The summed E-state index contributed by atoms with van der Waals surface area (Å²) in [5, 5.41) is 21.1. The number of hydrogen-bond acceptors (Lipinski definition) is 5. The molecule has 7 heteroatoms. The van der Waals surface area contributed by atoms with Crippen molar-refractivity contribution in [2.24, 2.45) is 0 Å². The first-order valence-electron chi connectivity index (χ1n) is 10.1. The van der Waals surface area contributed by atoms with E-state index in [9.17, 15) is 0 Å². The van der Waals surface area contributed by atoms with E-state index in [4.69, 9.17) is 12.2 Å². The first kappa shape index (κ1) is 19.8. The molecule has 0 saturated heterocycles. The van der Waals surface area contributed by atoms with Crippen molar-refractivity contribution in [2.75, 3.05) is 10.6 Å². The SMILES string of the molecule is S=C(NCc1ccccc1)Nc1ccc(-c2nnc(NC3CCCCC3)s2)cc1. The van der Waals surface area contributed by atoms with Gasteiger partial charge in [-0.3, -0.25) is 0 Å². The molecule has 0 aliphatic heterocycles. The fourth-order valence-electron chi connectivity index (χ4n) is 3.47. The van der Waals surface area contributed by atoms with Gasteiger partial charge in [0.05, 0.1) is 0 Å². The largest absolute Gasteiger partial charge is 0.358 e. The molecule has 1 aromatic heterocycles. The van der Waals surface area contributed by atoms with Crippen LogP contribution in [-0.4, -0.2) is 21.4 Å². The van der Waals surface area contributed by atoms with E-state index in [1.54, 1.807) is 11.3 Å². The minimum atomic E-state index is 0.542. The van der Waals surface area contributed by atoms with E-state index in [1.165, 1.54) is 37.7 Å². The molecule has 0 atom stereocenters. The van der Waals surface area contributed by atoms with Gasteiger partial charge in [0.2, 0.25) is 5.13 Å². The van der Waals surface area contributed by atoms with Crippen molar-refractivity contribution >= 4 is 39.5 Å². The van der Waals surface area contributed by atoms with Gasteiger partial charge in [0.25, 0.3) is 0 Å². The maximum Gasteiger partial charge on any atom is 0.206 e. The predicted octanol–water partition coefficient (Wildman–Crippen LogP) is 5.44. The summed E-state index contributed by atoms with van der Waals surface area (Å²) in [5.41, 5.74) is 3.21. The standard InChI is InChI=1S/C22H25N5S2/c28-21(23-15-16-7-3-1-4-8-16)24-19-13-11-17(12-14-19)20-26-27-22(29-20)25-18-9-5-2-6-10-18/h1,3-4,7-8,11-14,18H,2,5-6,9-10,15H2,(H,25,27)(H2,23,24,28). The molecule has 150 valence electrons. The first-order valence-corrected chi connectivity index (χ1v) is 11.3. The minimum Gasteiger partial charge on any atom is -0.358 e. The Bertz CT molecular complexity index is 918. The highest BCUT2D eigenvalue weighted by Gasteiger charge is 2.15. The lowest BCUT2D eigenvalue weighted by molar-refractivity contribution is 0.462. The van der Waals surface area contributed by atoms with Gasteiger partial charge >= 0.3 is 0 Å². The fourth-order valence-corrected chi connectivity index (χ4v) is 4.49. The topological polar surface area (TPSA) is 61.9 Å². The predicted molar refractivity (Wildman–Crippen MR) is 125 cm³/mol. The summed E-state index contributed by atoms with van der Waals surface area (Å²) < 4.78 is 0. The number of rotatable bonds is 6. The van der Waals surface area contributed by atoms with Gasteiger partial charge in [-0.05, 0) is 54.9 Å². The van der Waals surface area contributed by atoms with Gasteiger partial charge in [-0.25, -0.2) is 0 Å². The van der Waals surface area contributed by atoms with Gasteiger partial charge < -0.3 is 16.0 Å². The van der Waals surface area contributed by atoms with Gasteiger partial charge in [-0.15, -0.1) is 10.2 Å². The van der Waals surface area contributed by atoms with Crippen LogP contribution in [0.5, 0.6) is 0 Å². The van der Waals surface area contributed by atoms with Gasteiger partial charge in [0.15, 0.2) is 5.11 Å². The quantitative estimate of drug-likeness (QED) is 0.459. The van der Waals surface area contributed by atoms with Crippen molar-refractivity contribution < 1.29 is 0 Å². The molecule has 5 nitrogen and oxygen atoms in total. The van der Waals surface area contributed by atoms with Crippen molar-refractivity contribution in [2.45, 2.75) is 44.7 Å². The molecule has 0 amide bonds. The normalized spacial score (nSPS) is 14.3. The van der Waals surface area contributed by atoms with Crippen LogP contribution in [0.1, 0.15) is 37.7 Å². The van der Waals surface area contributed by atoms with Crippen molar-refractivity contribution in [1.29, 1.82) is 0 Å². The Balaban J connectivity index is 1.30. The van der Waals surface area contributed by atoms with Crippen LogP contribution < -0.4 is 16.0 Å². The molecule has 0 unspecified atom stereocenters. The smallest absolute Gasteiger partial charge is 0.206 e. The Labute approximate surface area is 181 Å². The highest BCUT2D eigenvalue weighted by molar-refractivity contribution is 7.80. The monoisotopic (exact) mass is 423 g/mol. The molecule has 1 saturated carbocycles. The zero-order valence-corrected chi connectivity index (χ0v) is 17.9. The number of hydrogen-bond donors (Lipinski definition) is 3. The van der Waals surface area contributed by atoms with Gasteiger partial charge in [-0.1, -0.05) is 60.9 Å². The maximum absolute atomic E-state index is 5.39. The van der Waals surface area contributed by atoms with E-state index in [1.807, 2.05) is 42.5 Å². The van der Waals surface area contributed by atoms with Gasteiger partial charge in [0.1, 0.15) is 5.01 Å². The van der Waals surface area contributed by atoms with E-state index in [-0.39, 0.29) is 0 Å². The number of benzene rings is 2. The molecule has 1 aliphatic carbocycles. The molecule has 1 fully saturated rings. The lowest BCUT2D eigenvalue weighted by Crippen LogP contribution is -2.27. The number of nitrogens with zero attached hydrogens (tertiary/aromatic N) is 2. The van der Waals surface area contributed by atoms with Crippen molar-refractivity contribution in [3.8, 4) is 10.6 Å². The van der Waals surface area contributed by atoms with Crippen molar-refractivity contribution in [1.82, 2.24) is 15.5 Å². The van der Waals surface area contributed by atoms with Crippen LogP contribution in [-0.2, 0) is 6.54 Å². The maximum atomic E-state index is 5.39. The third kappa shape index (κ3) is 5.74. The van der Waals surface area contributed by atoms with E-state index in [0.29, 0.717) is 17.7 Å². The Morgan fingerprint density at radius 1 is 0.966 bits per heavy atom. The molecule has 0 bridgehead atoms. The molecule has 29 heavy (non-hydrogen) atoms. The van der Waals surface area contributed by atoms with Crippen LogP contribution in [0.4, 0.5) is 10.8 Å². The highest BCUT2D eigenvalue weighted by atomic mass is 32.1. The Kier molecular flexibility index (Phi) is 6.69. The Hall–Kier alpha value is -2.51. The second kappa shape index (κ2) is 9.80. The van der Waals surface area contributed by atoms with E-state index in [0.717, 1.165) is 21.4 Å². The fraction of sp³-hybridized carbons (Fsp3) is 0.318. The van der Waals surface area contributed by atoms with Crippen molar-refractivity contribution in [3.05, 3.63) is 60.2 Å². The molecule has 1 heterocycles. The van der Waals surface area contributed by atoms with Gasteiger partial charge in [-0.2, -0.15) is 0 Å². The van der Waals surface area contributed by atoms with Crippen LogP contribution in [0.15, 0.2) is 54.6 Å². The number of nitrogens with one attached hydrogen (secondary N) is 3.